The van der Waals surface area contributed by atoms with E-state index in [-0.39, 0.29) is 16.2 Å². The number of thioether (sulfide) groups is 1. The second-order valence-electron chi connectivity index (χ2n) is 9.13. The fraction of sp³-hybridized carbons (Fsp3) is 0.0645. The lowest BCUT2D eigenvalue weighted by Gasteiger charge is -2.15. The molecular weight excluding hydrogens is 551 g/mol. The monoisotopic (exact) mass is 573 g/mol. The zero-order valence-corrected chi connectivity index (χ0v) is 22.3. The van der Waals surface area contributed by atoms with Crippen LogP contribution in [0.5, 0.6) is 0 Å². The third kappa shape index (κ3) is 6.17. The van der Waals surface area contributed by atoms with Crippen molar-refractivity contribution in [2.45, 2.75) is 18.0 Å². The number of anilines is 3. The summed E-state index contributed by atoms with van der Waals surface area (Å²) in [6, 6.07) is 26.6. The van der Waals surface area contributed by atoms with Gasteiger partial charge >= 0.3 is 6.18 Å². The number of carbonyl (C=O) groups is 3. The highest BCUT2D eigenvalue weighted by molar-refractivity contribution is 8.04. The summed E-state index contributed by atoms with van der Waals surface area (Å²) < 4.78 is 38.4. The fourth-order valence-electron chi connectivity index (χ4n) is 4.05. The van der Waals surface area contributed by atoms with Gasteiger partial charge in [-0.2, -0.15) is 13.2 Å². The van der Waals surface area contributed by atoms with Gasteiger partial charge in [0.05, 0.1) is 11.3 Å². The van der Waals surface area contributed by atoms with E-state index in [0.717, 1.165) is 46.5 Å². The van der Waals surface area contributed by atoms with Crippen molar-refractivity contribution in [2.24, 2.45) is 0 Å². The van der Waals surface area contributed by atoms with E-state index in [1.54, 1.807) is 48.5 Å². The van der Waals surface area contributed by atoms with Crippen LogP contribution in [0.4, 0.5) is 30.2 Å². The Labute approximate surface area is 237 Å². The molecule has 0 bridgehead atoms. The maximum atomic E-state index is 13.5. The third-order valence-corrected chi connectivity index (χ3v) is 7.27. The molecule has 1 aliphatic heterocycles. The smallest absolute Gasteiger partial charge is 0.350 e. The summed E-state index contributed by atoms with van der Waals surface area (Å²) in [6.45, 7) is 1.91. The number of nitrogens with one attached hydrogen (secondary N) is 2. The van der Waals surface area contributed by atoms with Gasteiger partial charge in [0.1, 0.15) is 10.6 Å². The van der Waals surface area contributed by atoms with Crippen LogP contribution in [0.2, 0.25) is 0 Å². The van der Waals surface area contributed by atoms with E-state index in [9.17, 15) is 27.6 Å². The number of aryl methyl sites for hydroxylation is 1. The van der Waals surface area contributed by atoms with Crippen molar-refractivity contribution >= 4 is 46.5 Å². The minimum atomic E-state index is -4.49. The molecular formula is C31H22F3N3O3S. The number of benzene rings is 4. The number of halogens is 3. The average Bonchev–Trinajstić information content (AvgIpc) is 3.18. The number of alkyl halides is 3. The van der Waals surface area contributed by atoms with Crippen LogP contribution in [-0.2, 0) is 15.8 Å². The Morgan fingerprint density at radius 3 is 2.00 bits per heavy atom. The van der Waals surface area contributed by atoms with Crippen molar-refractivity contribution in [3.05, 3.63) is 130 Å². The predicted octanol–water partition coefficient (Wildman–Crippen LogP) is 7.26. The van der Waals surface area contributed by atoms with Crippen LogP contribution in [0.3, 0.4) is 0 Å². The first-order valence-electron chi connectivity index (χ1n) is 12.4. The second kappa shape index (κ2) is 11.3. The number of imide groups is 1. The molecule has 0 atom stereocenters. The first-order chi connectivity index (χ1) is 19.6. The molecule has 1 heterocycles. The van der Waals surface area contributed by atoms with Gasteiger partial charge in [-0.1, -0.05) is 47.7 Å². The maximum Gasteiger partial charge on any atom is 0.416 e. The Morgan fingerprint density at radius 1 is 0.756 bits per heavy atom. The van der Waals surface area contributed by atoms with Crippen molar-refractivity contribution in [1.82, 2.24) is 0 Å². The lowest BCUT2D eigenvalue weighted by atomic mass is 10.1. The summed E-state index contributed by atoms with van der Waals surface area (Å²) >= 11 is 1.11. The Bertz CT molecular complexity index is 1640. The van der Waals surface area contributed by atoms with Crippen molar-refractivity contribution in [3.63, 3.8) is 0 Å². The van der Waals surface area contributed by atoms with Crippen molar-refractivity contribution < 1.29 is 27.6 Å². The molecule has 10 heteroatoms. The highest BCUT2D eigenvalue weighted by atomic mass is 32.2. The van der Waals surface area contributed by atoms with Crippen LogP contribution in [0.1, 0.15) is 21.5 Å². The maximum absolute atomic E-state index is 13.5. The lowest BCUT2D eigenvalue weighted by Crippen LogP contribution is -2.32. The van der Waals surface area contributed by atoms with E-state index in [4.69, 9.17) is 0 Å². The van der Waals surface area contributed by atoms with E-state index >= 15 is 0 Å². The quantitative estimate of drug-likeness (QED) is 0.228. The van der Waals surface area contributed by atoms with Gasteiger partial charge in [0.25, 0.3) is 17.7 Å². The zero-order chi connectivity index (χ0) is 29.1. The van der Waals surface area contributed by atoms with E-state index in [1.165, 1.54) is 0 Å². The van der Waals surface area contributed by atoms with Gasteiger partial charge in [0.2, 0.25) is 0 Å². The molecule has 0 unspecified atom stereocenters. The standard InChI is InChI=1S/C31H22F3N3O3S/c1-19-7-15-24(16-8-19)37-29(39)26(35-22-5-3-2-4-6-22)27(30(37)40)41-25-17-13-23(14-18-25)36-28(38)20-9-11-21(12-10-20)31(32,33)34/h2-18,35H,1H3,(H,36,38). The van der Waals surface area contributed by atoms with E-state index in [2.05, 4.69) is 10.6 Å². The summed E-state index contributed by atoms with van der Waals surface area (Å²) in [5, 5.41) is 5.74. The molecule has 4 aromatic rings. The molecule has 0 aliphatic carbocycles. The first-order valence-corrected chi connectivity index (χ1v) is 13.2. The predicted molar refractivity (Wildman–Crippen MR) is 152 cm³/mol. The molecule has 206 valence electrons. The number of hydrogen-bond acceptors (Lipinski definition) is 5. The highest BCUT2D eigenvalue weighted by Gasteiger charge is 2.40. The topological polar surface area (TPSA) is 78.5 Å². The number of carbonyl (C=O) groups excluding carboxylic acids is 3. The molecule has 0 saturated heterocycles. The summed E-state index contributed by atoms with van der Waals surface area (Å²) in [7, 11) is 0. The fourth-order valence-corrected chi connectivity index (χ4v) is 4.97. The summed E-state index contributed by atoms with van der Waals surface area (Å²) in [4.78, 5) is 41.5. The Kier molecular flexibility index (Phi) is 7.67. The third-order valence-electron chi connectivity index (χ3n) is 6.18. The zero-order valence-electron chi connectivity index (χ0n) is 21.5. The van der Waals surface area contributed by atoms with Crippen LogP contribution >= 0.6 is 11.8 Å². The molecule has 41 heavy (non-hydrogen) atoms. The minimum absolute atomic E-state index is 0.0736. The average molecular weight is 574 g/mol. The van der Waals surface area contributed by atoms with Crippen LogP contribution in [0, 0.1) is 6.92 Å². The normalized spacial score (nSPS) is 13.5. The van der Waals surface area contributed by atoms with Crippen LogP contribution < -0.4 is 15.5 Å². The van der Waals surface area contributed by atoms with Crippen molar-refractivity contribution in [2.75, 3.05) is 15.5 Å². The summed E-state index contributed by atoms with van der Waals surface area (Å²) in [5.41, 5.74) is 1.88. The molecule has 6 nitrogen and oxygen atoms in total. The van der Waals surface area contributed by atoms with Crippen LogP contribution in [0.15, 0.2) is 119 Å². The number of amides is 3. The van der Waals surface area contributed by atoms with E-state index in [1.807, 2.05) is 37.3 Å². The van der Waals surface area contributed by atoms with Gasteiger partial charge in [-0.05, 0) is 79.7 Å². The Hall–Kier alpha value is -4.83. The van der Waals surface area contributed by atoms with Gasteiger partial charge in [-0.3, -0.25) is 14.4 Å². The SMILES string of the molecule is Cc1ccc(N2C(=O)C(Nc3ccccc3)=C(Sc3ccc(NC(=O)c4ccc(C(F)(F)F)cc4)cc3)C2=O)cc1. The molecule has 0 spiro atoms. The largest absolute Gasteiger partial charge is 0.416 e. The van der Waals surface area contributed by atoms with Gasteiger partial charge in [-0.25, -0.2) is 4.90 Å². The first kappa shape index (κ1) is 27.7. The summed E-state index contributed by atoms with van der Waals surface area (Å²) in [6.07, 6.45) is -4.49. The van der Waals surface area contributed by atoms with Crippen molar-refractivity contribution in [3.8, 4) is 0 Å². The van der Waals surface area contributed by atoms with Gasteiger partial charge in [-0.15, -0.1) is 0 Å². The molecule has 5 rings (SSSR count). The molecule has 0 radical (unpaired) electrons. The van der Waals surface area contributed by atoms with Gasteiger partial charge in [0.15, 0.2) is 0 Å². The van der Waals surface area contributed by atoms with E-state index in [0.29, 0.717) is 22.0 Å². The number of rotatable bonds is 7. The van der Waals surface area contributed by atoms with Gasteiger partial charge in [0, 0.05) is 21.8 Å². The molecule has 3 amide bonds. The minimum Gasteiger partial charge on any atom is -0.350 e. The van der Waals surface area contributed by atoms with Gasteiger partial charge < -0.3 is 10.6 Å². The molecule has 0 fully saturated rings. The molecule has 2 N–H and O–H groups in total. The lowest BCUT2D eigenvalue weighted by molar-refractivity contribution is -0.137. The number of nitrogens with zero attached hydrogens (tertiary/aromatic N) is 1. The molecule has 0 saturated carbocycles. The van der Waals surface area contributed by atoms with Crippen LogP contribution in [0.25, 0.3) is 0 Å². The second-order valence-corrected chi connectivity index (χ2v) is 10.2. The summed E-state index contributed by atoms with van der Waals surface area (Å²) in [5.74, 6) is -1.52. The highest BCUT2D eigenvalue weighted by Crippen LogP contribution is 2.38. The number of para-hydroxylation sites is 1. The van der Waals surface area contributed by atoms with E-state index < -0.39 is 29.5 Å². The molecule has 0 aromatic heterocycles. The Morgan fingerprint density at radius 2 is 1.39 bits per heavy atom. The molecule has 4 aromatic carbocycles. The van der Waals surface area contributed by atoms with Crippen molar-refractivity contribution in [1.29, 1.82) is 0 Å². The molecule has 1 aliphatic rings. The van der Waals surface area contributed by atoms with Crippen LogP contribution in [-0.4, -0.2) is 17.7 Å². The number of hydrogen-bond donors (Lipinski definition) is 2. The Balaban J connectivity index is 1.36.